The Morgan fingerprint density at radius 1 is 1.40 bits per heavy atom. The molecule has 0 saturated heterocycles. The maximum atomic E-state index is 10.1. The van der Waals surface area contributed by atoms with E-state index >= 15 is 0 Å². The third kappa shape index (κ3) is 3.30. The van der Waals surface area contributed by atoms with Gasteiger partial charge in [-0.1, -0.05) is 32.1 Å². The summed E-state index contributed by atoms with van der Waals surface area (Å²) in [4.78, 5) is 0. The van der Waals surface area contributed by atoms with Gasteiger partial charge < -0.3 is 5.11 Å². The van der Waals surface area contributed by atoms with Crippen LogP contribution < -0.4 is 0 Å². The molecule has 1 aromatic heterocycles. The molecule has 1 N–H and O–H groups in total. The molecule has 2 rings (SSSR count). The van der Waals surface area contributed by atoms with Gasteiger partial charge in [-0.2, -0.15) is 0 Å². The van der Waals surface area contributed by atoms with E-state index in [0.717, 1.165) is 21.7 Å². The molecule has 3 heteroatoms. The van der Waals surface area contributed by atoms with Gasteiger partial charge >= 0.3 is 0 Å². The third-order valence-electron chi connectivity index (χ3n) is 3.25. The molecule has 1 aliphatic carbocycles. The third-order valence-corrected chi connectivity index (χ3v) is 4.78. The number of hydrogen-bond acceptors (Lipinski definition) is 2. The first-order valence-electron chi connectivity index (χ1n) is 5.67. The minimum atomic E-state index is -0.254. The van der Waals surface area contributed by atoms with Crippen molar-refractivity contribution in [3.63, 3.8) is 0 Å². The normalized spacial score (nSPS) is 20.4. The molecule has 1 atom stereocenters. The number of aliphatic hydroxyl groups excluding tert-OH is 1. The zero-order valence-electron chi connectivity index (χ0n) is 8.79. The molecule has 0 amide bonds. The Morgan fingerprint density at radius 3 is 2.73 bits per heavy atom. The lowest BCUT2D eigenvalue weighted by atomic mass is 9.84. The molecule has 0 spiro atoms. The van der Waals surface area contributed by atoms with Gasteiger partial charge in [-0.05, 0) is 45.3 Å². The average molecular weight is 289 g/mol. The van der Waals surface area contributed by atoms with Gasteiger partial charge in [-0.3, -0.25) is 0 Å². The lowest BCUT2D eigenvalue weighted by molar-refractivity contribution is 0.132. The average Bonchev–Trinajstić information content (AvgIpc) is 2.66. The Morgan fingerprint density at radius 2 is 2.13 bits per heavy atom. The van der Waals surface area contributed by atoms with Gasteiger partial charge in [0.25, 0.3) is 0 Å². The maximum Gasteiger partial charge on any atom is 0.0801 e. The van der Waals surface area contributed by atoms with Crippen LogP contribution in [0.15, 0.2) is 15.2 Å². The molecule has 1 unspecified atom stereocenters. The van der Waals surface area contributed by atoms with Gasteiger partial charge in [0.2, 0.25) is 0 Å². The highest BCUT2D eigenvalue weighted by atomic mass is 79.9. The van der Waals surface area contributed by atoms with Crippen LogP contribution in [-0.2, 0) is 0 Å². The number of hydrogen-bond donors (Lipinski definition) is 1. The molecule has 0 aromatic carbocycles. The van der Waals surface area contributed by atoms with Crippen molar-refractivity contribution in [3.05, 3.63) is 20.8 Å². The minimum Gasteiger partial charge on any atom is -0.388 e. The molecule has 0 radical (unpaired) electrons. The van der Waals surface area contributed by atoms with E-state index in [4.69, 9.17) is 0 Å². The predicted octanol–water partition coefficient (Wildman–Crippen LogP) is 4.51. The van der Waals surface area contributed by atoms with Crippen molar-refractivity contribution < 1.29 is 5.11 Å². The lowest BCUT2D eigenvalue weighted by Gasteiger charge is -2.23. The molecule has 1 heterocycles. The first kappa shape index (κ1) is 11.6. The molecule has 1 saturated carbocycles. The van der Waals surface area contributed by atoms with E-state index in [2.05, 4.69) is 21.3 Å². The van der Waals surface area contributed by atoms with Crippen LogP contribution in [0.4, 0.5) is 0 Å². The topological polar surface area (TPSA) is 20.2 Å². The van der Waals surface area contributed by atoms with E-state index in [1.165, 1.54) is 32.1 Å². The second-order valence-electron chi connectivity index (χ2n) is 4.44. The van der Waals surface area contributed by atoms with Crippen molar-refractivity contribution in [3.8, 4) is 0 Å². The number of thiophene rings is 1. The van der Waals surface area contributed by atoms with Crippen molar-refractivity contribution in [2.24, 2.45) is 5.92 Å². The van der Waals surface area contributed by atoms with Crippen LogP contribution in [-0.4, -0.2) is 5.11 Å². The number of aliphatic hydroxyl groups is 1. The van der Waals surface area contributed by atoms with Gasteiger partial charge in [-0.25, -0.2) is 0 Å². The van der Waals surface area contributed by atoms with Crippen LogP contribution in [0.2, 0.25) is 0 Å². The second kappa shape index (κ2) is 5.46. The van der Waals surface area contributed by atoms with Crippen molar-refractivity contribution >= 4 is 27.3 Å². The SMILES string of the molecule is OC(CC1CCCCC1)c1csc(Br)c1. The standard InChI is InChI=1S/C12H17BrOS/c13-12-7-10(8-15-12)11(14)6-9-4-2-1-3-5-9/h7-9,11,14H,1-6H2. The van der Waals surface area contributed by atoms with E-state index in [0.29, 0.717) is 0 Å². The summed E-state index contributed by atoms with van der Waals surface area (Å²) < 4.78 is 1.11. The summed E-state index contributed by atoms with van der Waals surface area (Å²) in [6.07, 6.45) is 7.40. The molecule has 1 nitrogen and oxygen atoms in total. The van der Waals surface area contributed by atoms with E-state index in [-0.39, 0.29) is 6.10 Å². The van der Waals surface area contributed by atoms with Crippen molar-refractivity contribution in [2.45, 2.75) is 44.6 Å². The zero-order valence-corrected chi connectivity index (χ0v) is 11.2. The first-order chi connectivity index (χ1) is 7.25. The van der Waals surface area contributed by atoms with Crippen LogP contribution in [0.5, 0.6) is 0 Å². The van der Waals surface area contributed by atoms with Crippen LogP contribution in [0, 0.1) is 5.92 Å². The van der Waals surface area contributed by atoms with Crippen molar-refractivity contribution in [2.75, 3.05) is 0 Å². The fraction of sp³-hybridized carbons (Fsp3) is 0.667. The van der Waals surface area contributed by atoms with E-state index < -0.39 is 0 Å². The summed E-state index contributed by atoms with van der Waals surface area (Å²) in [7, 11) is 0. The van der Waals surface area contributed by atoms with E-state index in [9.17, 15) is 5.11 Å². The van der Waals surface area contributed by atoms with Gasteiger partial charge in [-0.15, -0.1) is 11.3 Å². The smallest absolute Gasteiger partial charge is 0.0801 e. The quantitative estimate of drug-likeness (QED) is 0.867. The van der Waals surface area contributed by atoms with Crippen molar-refractivity contribution in [1.82, 2.24) is 0 Å². The Kier molecular flexibility index (Phi) is 4.23. The Hall–Kier alpha value is 0.140. The highest BCUT2D eigenvalue weighted by molar-refractivity contribution is 9.11. The zero-order chi connectivity index (χ0) is 10.7. The van der Waals surface area contributed by atoms with Crippen LogP contribution in [0.3, 0.4) is 0 Å². The summed E-state index contributed by atoms with van der Waals surface area (Å²) in [6, 6.07) is 2.04. The number of halogens is 1. The molecule has 1 aliphatic rings. The fourth-order valence-electron chi connectivity index (χ4n) is 2.37. The summed E-state index contributed by atoms with van der Waals surface area (Å²) in [6.45, 7) is 0. The lowest BCUT2D eigenvalue weighted by Crippen LogP contribution is -2.10. The highest BCUT2D eigenvalue weighted by Gasteiger charge is 2.19. The largest absolute Gasteiger partial charge is 0.388 e. The molecule has 84 valence electrons. The number of rotatable bonds is 3. The molecule has 1 aromatic rings. The molecule has 0 aliphatic heterocycles. The van der Waals surface area contributed by atoms with E-state index in [1.54, 1.807) is 11.3 Å². The fourth-order valence-corrected chi connectivity index (χ4v) is 3.60. The van der Waals surface area contributed by atoms with Crippen LogP contribution in [0.1, 0.15) is 50.2 Å². The van der Waals surface area contributed by atoms with Gasteiger partial charge in [0.15, 0.2) is 0 Å². The summed E-state index contributed by atoms with van der Waals surface area (Å²) >= 11 is 5.08. The summed E-state index contributed by atoms with van der Waals surface area (Å²) in [5.74, 6) is 0.743. The van der Waals surface area contributed by atoms with Gasteiger partial charge in [0, 0.05) is 0 Å². The van der Waals surface area contributed by atoms with Crippen LogP contribution in [0.25, 0.3) is 0 Å². The summed E-state index contributed by atoms with van der Waals surface area (Å²) in [5.41, 5.74) is 1.08. The summed E-state index contributed by atoms with van der Waals surface area (Å²) in [5, 5.41) is 12.1. The Balaban J connectivity index is 1.88. The molecular formula is C12H17BrOS. The second-order valence-corrected chi connectivity index (χ2v) is 6.73. The Bertz CT molecular complexity index is 304. The monoisotopic (exact) mass is 288 g/mol. The van der Waals surface area contributed by atoms with Crippen molar-refractivity contribution in [1.29, 1.82) is 0 Å². The molecule has 15 heavy (non-hydrogen) atoms. The van der Waals surface area contributed by atoms with E-state index in [1.807, 2.05) is 6.07 Å². The van der Waals surface area contributed by atoms with Gasteiger partial charge in [0.05, 0.1) is 9.89 Å². The Labute approximate surface area is 104 Å². The maximum absolute atomic E-state index is 10.1. The minimum absolute atomic E-state index is 0.254. The molecule has 0 bridgehead atoms. The molecular weight excluding hydrogens is 272 g/mol. The first-order valence-corrected chi connectivity index (χ1v) is 7.35. The molecule has 1 fully saturated rings. The predicted molar refractivity (Wildman–Crippen MR) is 68.2 cm³/mol. The highest BCUT2D eigenvalue weighted by Crippen LogP contribution is 2.34. The van der Waals surface area contributed by atoms with Crippen LogP contribution >= 0.6 is 27.3 Å². The van der Waals surface area contributed by atoms with Gasteiger partial charge in [0.1, 0.15) is 0 Å².